The molecule has 2 atom stereocenters. The number of hydrogen-bond acceptors (Lipinski definition) is 6. The van der Waals surface area contributed by atoms with Gasteiger partial charge in [-0.05, 0) is 96.1 Å². The first-order valence-electron chi connectivity index (χ1n) is 12.0. The van der Waals surface area contributed by atoms with Gasteiger partial charge in [0.05, 0.1) is 0 Å². The smallest absolute Gasteiger partial charge is 0.247 e. The average molecular weight is 520 g/mol. The average Bonchev–Trinajstić information content (AvgIpc) is 3.68. The highest BCUT2D eigenvalue weighted by Gasteiger charge is 2.39. The van der Waals surface area contributed by atoms with Crippen LogP contribution in [0.3, 0.4) is 0 Å². The SMILES string of the molecule is O=C(Nc1ccc(Oc2ccc(F)cc2)cc1)C1CC(CCc2ccsc2)CN1C(=O)Cn1cncn1. The third-order valence-electron chi connectivity index (χ3n) is 6.37. The Bertz CT molecular complexity index is 1310. The first-order valence-corrected chi connectivity index (χ1v) is 12.9. The molecular weight excluding hydrogens is 493 g/mol. The standard InChI is InChI=1S/C27H26FN5O3S/c28-21-3-7-23(8-4-21)36-24-9-5-22(6-10-24)31-27(35)25-13-20(2-1-19-11-12-37-16-19)14-33(25)26(34)15-32-18-29-17-30-32/h3-12,16-18,20,25H,1-2,13-15H2,(H,31,35). The van der Waals surface area contributed by atoms with E-state index in [4.69, 9.17) is 4.74 Å². The van der Waals surface area contributed by atoms with Crippen LogP contribution in [0.25, 0.3) is 0 Å². The lowest BCUT2D eigenvalue weighted by Gasteiger charge is -2.24. The van der Waals surface area contributed by atoms with E-state index in [1.807, 2.05) is 0 Å². The van der Waals surface area contributed by atoms with E-state index in [0.717, 1.165) is 12.8 Å². The molecule has 10 heteroatoms. The van der Waals surface area contributed by atoms with Crippen molar-refractivity contribution in [3.63, 3.8) is 0 Å². The summed E-state index contributed by atoms with van der Waals surface area (Å²) in [6, 6.07) is 14.2. The van der Waals surface area contributed by atoms with Crippen molar-refractivity contribution in [2.75, 3.05) is 11.9 Å². The second-order valence-electron chi connectivity index (χ2n) is 9.00. The minimum Gasteiger partial charge on any atom is -0.457 e. The molecule has 1 saturated heterocycles. The number of amides is 2. The first-order chi connectivity index (χ1) is 18.0. The van der Waals surface area contributed by atoms with E-state index in [1.54, 1.807) is 52.6 Å². The van der Waals surface area contributed by atoms with Crippen molar-refractivity contribution in [3.05, 3.63) is 89.4 Å². The number of ether oxygens (including phenoxy) is 1. The highest BCUT2D eigenvalue weighted by Crippen LogP contribution is 2.29. The number of thiophene rings is 1. The summed E-state index contributed by atoms with van der Waals surface area (Å²) >= 11 is 1.67. The van der Waals surface area contributed by atoms with E-state index in [2.05, 4.69) is 32.2 Å². The van der Waals surface area contributed by atoms with Crippen molar-refractivity contribution in [2.45, 2.75) is 31.8 Å². The summed E-state index contributed by atoms with van der Waals surface area (Å²) in [6.07, 6.45) is 5.30. The zero-order chi connectivity index (χ0) is 25.6. The topological polar surface area (TPSA) is 89.4 Å². The van der Waals surface area contributed by atoms with Gasteiger partial charge in [0.2, 0.25) is 11.8 Å². The van der Waals surface area contributed by atoms with Gasteiger partial charge in [-0.15, -0.1) is 0 Å². The number of nitrogens with one attached hydrogen (secondary N) is 1. The van der Waals surface area contributed by atoms with Gasteiger partial charge in [-0.1, -0.05) is 0 Å². The van der Waals surface area contributed by atoms with Gasteiger partial charge in [0.15, 0.2) is 0 Å². The lowest BCUT2D eigenvalue weighted by atomic mass is 9.98. The van der Waals surface area contributed by atoms with E-state index in [0.29, 0.717) is 30.2 Å². The lowest BCUT2D eigenvalue weighted by Crippen LogP contribution is -2.44. The Labute approximate surface area is 217 Å². The maximum Gasteiger partial charge on any atom is 0.247 e. The summed E-state index contributed by atoms with van der Waals surface area (Å²) < 4.78 is 20.3. The third-order valence-corrected chi connectivity index (χ3v) is 7.10. The maximum atomic E-state index is 13.3. The zero-order valence-corrected chi connectivity index (χ0v) is 20.8. The molecular formula is C27H26FN5O3S. The molecule has 0 aliphatic carbocycles. The molecule has 2 unspecified atom stereocenters. The molecule has 4 aromatic rings. The lowest BCUT2D eigenvalue weighted by molar-refractivity contribution is -0.137. The van der Waals surface area contributed by atoms with Crippen molar-refractivity contribution in [1.29, 1.82) is 0 Å². The van der Waals surface area contributed by atoms with Gasteiger partial charge in [0, 0.05) is 12.2 Å². The van der Waals surface area contributed by atoms with Crippen molar-refractivity contribution >= 4 is 28.8 Å². The minimum absolute atomic E-state index is 0.0381. The Hall–Kier alpha value is -4.05. The summed E-state index contributed by atoms with van der Waals surface area (Å²) in [6.45, 7) is 0.566. The van der Waals surface area contributed by atoms with E-state index >= 15 is 0 Å². The number of hydrogen-bond donors (Lipinski definition) is 1. The van der Waals surface area contributed by atoms with Gasteiger partial charge in [-0.2, -0.15) is 16.4 Å². The van der Waals surface area contributed by atoms with Crippen LogP contribution in [0.15, 0.2) is 78.0 Å². The third kappa shape index (κ3) is 6.39. The number of rotatable bonds is 9. The fraction of sp³-hybridized carbons (Fsp3) is 0.259. The number of anilines is 1. The predicted octanol–water partition coefficient (Wildman–Crippen LogP) is 4.76. The second-order valence-corrected chi connectivity index (χ2v) is 9.78. The van der Waals surface area contributed by atoms with Crippen molar-refractivity contribution < 1.29 is 18.7 Å². The molecule has 190 valence electrons. The van der Waals surface area contributed by atoms with E-state index in [9.17, 15) is 14.0 Å². The molecule has 2 amide bonds. The predicted molar refractivity (Wildman–Crippen MR) is 138 cm³/mol. The maximum absolute atomic E-state index is 13.3. The Morgan fingerprint density at radius 1 is 1.08 bits per heavy atom. The minimum atomic E-state index is -0.571. The summed E-state index contributed by atoms with van der Waals surface area (Å²) in [5.41, 5.74) is 1.88. The Balaban J connectivity index is 1.24. The first kappa shape index (κ1) is 24.6. The fourth-order valence-corrected chi connectivity index (χ4v) is 5.18. The second kappa shape index (κ2) is 11.3. The summed E-state index contributed by atoms with van der Waals surface area (Å²) in [4.78, 5) is 32.0. The number of aromatic nitrogens is 3. The van der Waals surface area contributed by atoms with Crippen molar-refractivity contribution in [3.8, 4) is 11.5 Å². The molecule has 0 spiro atoms. The molecule has 1 fully saturated rings. The van der Waals surface area contributed by atoms with Gasteiger partial charge >= 0.3 is 0 Å². The summed E-state index contributed by atoms with van der Waals surface area (Å²) in [5, 5.41) is 11.2. The molecule has 0 saturated carbocycles. The summed E-state index contributed by atoms with van der Waals surface area (Å²) in [7, 11) is 0. The van der Waals surface area contributed by atoms with E-state index in [-0.39, 0.29) is 30.1 Å². The molecule has 5 rings (SSSR count). The van der Waals surface area contributed by atoms with Crippen molar-refractivity contribution in [2.24, 2.45) is 5.92 Å². The quantitative estimate of drug-likeness (QED) is 0.344. The van der Waals surface area contributed by atoms with Crippen LogP contribution >= 0.6 is 11.3 Å². The summed E-state index contributed by atoms with van der Waals surface area (Å²) in [5.74, 6) is 0.577. The van der Waals surface area contributed by atoms with Gasteiger partial charge in [0.25, 0.3) is 0 Å². The molecule has 1 aliphatic rings. The van der Waals surface area contributed by atoms with Crippen LogP contribution in [0.1, 0.15) is 18.4 Å². The number of carbonyl (C=O) groups excluding carboxylic acids is 2. The van der Waals surface area contributed by atoms with E-state index in [1.165, 1.54) is 35.0 Å². The number of nitrogens with zero attached hydrogens (tertiary/aromatic N) is 4. The molecule has 3 heterocycles. The zero-order valence-electron chi connectivity index (χ0n) is 20.0. The van der Waals surface area contributed by atoms with E-state index < -0.39 is 6.04 Å². The molecule has 2 aromatic carbocycles. The monoisotopic (exact) mass is 519 g/mol. The number of carbonyl (C=O) groups is 2. The molecule has 1 aliphatic heterocycles. The molecule has 0 bridgehead atoms. The van der Waals surface area contributed by atoms with Gasteiger partial charge in [0.1, 0.15) is 42.6 Å². The van der Waals surface area contributed by atoms with Gasteiger partial charge in [-0.3, -0.25) is 9.59 Å². The van der Waals surface area contributed by atoms with Crippen molar-refractivity contribution in [1.82, 2.24) is 19.7 Å². The fourth-order valence-electron chi connectivity index (χ4n) is 4.48. The van der Waals surface area contributed by atoms with Gasteiger partial charge in [-0.25, -0.2) is 14.1 Å². The van der Waals surface area contributed by atoms with Gasteiger partial charge < -0.3 is 15.0 Å². The molecule has 2 aromatic heterocycles. The Morgan fingerprint density at radius 3 is 2.51 bits per heavy atom. The Morgan fingerprint density at radius 2 is 1.84 bits per heavy atom. The van der Waals surface area contributed by atoms with Crippen LogP contribution in [-0.4, -0.2) is 44.1 Å². The van der Waals surface area contributed by atoms with Crippen LogP contribution in [0.2, 0.25) is 0 Å². The number of benzene rings is 2. The largest absolute Gasteiger partial charge is 0.457 e. The highest BCUT2D eigenvalue weighted by atomic mass is 32.1. The number of aryl methyl sites for hydroxylation is 1. The highest BCUT2D eigenvalue weighted by molar-refractivity contribution is 7.07. The number of halogens is 1. The normalized spacial score (nSPS) is 17.1. The molecule has 1 N–H and O–H groups in total. The number of likely N-dealkylation sites (tertiary alicyclic amines) is 1. The van der Waals surface area contributed by atoms with Crippen LogP contribution in [-0.2, 0) is 22.6 Å². The molecule has 0 radical (unpaired) electrons. The molecule has 37 heavy (non-hydrogen) atoms. The van der Waals surface area contributed by atoms with Crippen LogP contribution in [0.5, 0.6) is 11.5 Å². The van der Waals surface area contributed by atoms with Crippen LogP contribution < -0.4 is 10.1 Å². The van der Waals surface area contributed by atoms with Crippen LogP contribution in [0, 0.1) is 11.7 Å². The van der Waals surface area contributed by atoms with Crippen LogP contribution in [0.4, 0.5) is 10.1 Å². The molecule has 8 nitrogen and oxygen atoms in total. The Kier molecular flexibility index (Phi) is 7.55.